The van der Waals surface area contributed by atoms with E-state index in [4.69, 9.17) is 4.74 Å². The number of nitrogens with zero attached hydrogens (tertiary/aromatic N) is 2. The highest BCUT2D eigenvalue weighted by Crippen LogP contribution is 2.20. The molecule has 6 heteroatoms. The Morgan fingerprint density at radius 2 is 2.04 bits per heavy atom. The van der Waals surface area contributed by atoms with Crippen LogP contribution in [0.3, 0.4) is 0 Å². The van der Waals surface area contributed by atoms with E-state index in [0.29, 0.717) is 11.2 Å². The molecule has 1 heterocycles. The summed E-state index contributed by atoms with van der Waals surface area (Å²) in [6.07, 6.45) is 4.49. The Labute approximate surface area is 146 Å². The molecule has 0 spiro atoms. The van der Waals surface area contributed by atoms with Gasteiger partial charge in [0, 0.05) is 6.42 Å². The molecular formula is C18H24N2O3S. The third-order valence-corrected chi connectivity index (χ3v) is 4.81. The molecule has 1 aromatic carbocycles. The molecule has 0 aliphatic rings. The van der Waals surface area contributed by atoms with Gasteiger partial charge in [-0.2, -0.15) is 4.99 Å². The zero-order valence-corrected chi connectivity index (χ0v) is 15.3. The quantitative estimate of drug-likeness (QED) is 0.720. The summed E-state index contributed by atoms with van der Waals surface area (Å²) in [5.41, 5.74) is 2.18. The van der Waals surface area contributed by atoms with Crippen LogP contribution in [0.2, 0.25) is 0 Å². The highest BCUT2D eigenvalue weighted by atomic mass is 32.1. The first-order chi connectivity index (χ1) is 11.6. The van der Waals surface area contributed by atoms with Crippen LogP contribution < -0.4 is 4.80 Å². The summed E-state index contributed by atoms with van der Waals surface area (Å²) in [6.45, 7) is 4.17. The van der Waals surface area contributed by atoms with Gasteiger partial charge >= 0.3 is 5.97 Å². The molecule has 0 fully saturated rings. The van der Waals surface area contributed by atoms with Crippen molar-refractivity contribution in [3.63, 3.8) is 0 Å². The van der Waals surface area contributed by atoms with Crippen molar-refractivity contribution in [3.8, 4) is 0 Å². The SMILES string of the molecule is CCCCc1ccc2c(c1)sc(=NC(=O)CCC)n2CC(=O)OC. The number of esters is 1. The molecule has 130 valence electrons. The maximum absolute atomic E-state index is 11.9. The van der Waals surface area contributed by atoms with Crippen LogP contribution in [-0.4, -0.2) is 23.6 Å². The molecule has 1 amide bonds. The van der Waals surface area contributed by atoms with Gasteiger partial charge in [-0.25, -0.2) is 0 Å². The smallest absolute Gasteiger partial charge is 0.325 e. The normalized spacial score (nSPS) is 11.9. The minimum Gasteiger partial charge on any atom is -0.468 e. The number of benzene rings is 1. The molecule has 0 unspecified atom stereocenters. The molecule has 0 bridgehead atoms. The van der Waals surface area contributed by atoms with Gasteiger partial charge in [-0.3, -0.25) is 9.59 Å². The lowest BCUT2D eigenvalue weighted by atomic mass is 10.1. The van der Waals surface area contributed by atoms with Crippen molar-refractivity contribution < 1.29 is 14.3 Å². The van der Waals surface area contributed by atoms with Gasteiger partial charge < -0.3 is 9.30 Å². The number of amides is 1. The van der Waals surface area contributed by atoms with Crippen molar-refractivity contribution in [3.05, 3.63) is 28.6 Å². The predicted molar refractivity (Wildman–Crippen MR) is 95.9 cm³/mol. The van der Waals surface area contributed by atoms with Crippen LogP contribution in [0.5, 0.6) is 0 Å². The summed E-state index contributed by atoms with van der Waals surface area (Å²) < 4.78 is 7.58. The van der Waals surface area contributed by atoms with E-state index in [0.717, 1.165) is 35.9 Å². The lowest BCUT2D eigenvalue weighted by Gasteiger charge is -2.04. The lowest BCUT2D eigenvalue weighted by Crippen LogP contribution is -2.22. The van der Waals surface area contributed by atoms with E-state index in [9.17, 15) is 9.59 Å². The fourth-order valence-corrected chi connectivity index (χ4v) is 3.57. The Morgan fingerprint density at radius 3 is 2.71 bits per heavy atom. The summed E-state index contributed by atoms with van der Waals surface area (Å²) in [7, 11) is 1.36. The number of hydrogen-bond acceptors (Lipinski definition) is 4. The summed E-state index contributed by atoms with van der Waals surface area (Å²) in [4.78, 5) is 28.4. The largest absolute Gasteiger partial charge is 0.468 e. The second kappa shape index (κ2) is 8.78. The number of aryl methyl sites for hydroxylation is 1. The van der Waals surface area contributed by atoms with E-state index < -0.39 is 0 Å². The first-order valence-electron chi connectivity index (χ1n) is 8.35. The zero-order chi connectivity index (χ0) is 17.5. The number of thiazole rings is 1. The second-order valence-corrected chi connectivity index (χ2v) is 6.72. The molecule has 2 rings (SSSR count). The average Bonchev–Trinajstić information content (AvgIpc) is 2.89. The first kappa shape index (κ1) is 18.4. The number of hydrogen-bond donors (Lipinski definition) is 0. The van der Waals surface area contributed by atoms with Gasteiger partial charge in [0.1, 0.15) is 6.54 Å². The van der Waals surface area contributed by atoms with Gasteiger partial charge in [-0.05, 0) is 37.0 Å². The highest BCUT2D eigenvalue weighted by molar-refractivity contribution is 7.16. The number of aromatic nitrogens is 1. The van der Waals surface area contributed by atoms with Gasteiger partial charge in [-0.1, -0.05) is 37.7 Å². The Kier molecular flexibility index (Phi) is 6.73. The van der Waals surface area contributed by atoms with Gasteiger partial charge in [-0.15, -0.1) is 0 Å². The van der Waals surface area contributed by atoms with Crippen LogP contribution in [-0.2, 0) is 27.3 Å². The van der Waals surface area contributed by atoms with Crippen molar-refractivity contribution in [1.29, 1.82) is 0 Å². The van der Waals surface area contributed by atoms with E-state index in [-0.39, 0.29) is 18.4 Å². The van der Waals surface area contributed by atoms with Crippen LogP contribution in [0, 0.1) is 0 Å². The van der Waals surface area contributed by atoms with Gasteiger partial charge in [0.25, 0.3) is 0 Å². The minimum atomic E-state index is -0.353. The van der Waals surface area contributed by atoms with E-state index in [1.165, 1.54) is 24.0 Å². The van der Waals surface area contributed by atoms with Gasteiger partial charge in [0.15, 0.2) is 4.80 Å². The molecule has 0 aliphatic carbocycles. The Balaban J connectivity index is 2.50. The Morgan fingerprint density at radius 1 is 1.25 bits per heavy atom. The zero-order valence-electron chi connectivity index (χ0n) is 14.5. The van der Waals surface area contributed by atoms with E-state index in [1.807, 2.05) is 13.0 Å². The summed E-state index contributed by atoms with van der Waals surface area (Å²) >= 11 is 1.45. The summed E-state index contributed by atoms with van der Waals surface area (Å²) in [5, 5.41) is 0. The fourth-order valence-electron chi connectivity index (χ4n) is 2.46. The number of fused-ring (bicyclic) bond motifs is 1. The summed E-state index contributed by atoms with van der Waals surface area (Å²) in [6, 6.07) is 6.21. The van der Waals surface area contributed by atoms with Crippen molar-refractivity contribution in [2.45, 2.75) is 52.5 Å². The second-order valence-electron chi connectivity index (χ2n) is 5.71. The Bertz CT molecular complexity index is 789. The predicted octanol–water partition coefficient (Wildman–Crippen LogP) is 3.45. The molecule has 0 N–H and O–H groups in total. The number of rotatable bonds is 7. The average molecular weight is 348 g/mol. The molecule has 24 heavy (non-hydrogen) atoms. The first-order valence-corrected chi connectivity index (χ1v) is 9.17. The number of carbonyl (C=O) groups excluding carboxylic acids is 2. The van der Waals surface area contributed by atoms with Crippen molar-refractivity contribution in [2.24, 2.45) is 4.99 Å². The molecule has 1 aromatic heterocycles. The van der Waals surface area contributed by atoms with E-state index in [1.54, 1.807) is 4.57 Å². The van der Waals surface area contributed by atoms with Crippen LogP contribution in [0.1, 0.15) is 45.1 Å². The maximum atomic E-state index is 11.9. The lowest BCUT2D eigenvalue weighted by molar-refractivity contribution is -0.141. The summed E-state index contributed by atoms with van der Waals surface area (Å²) in [5.74, 6) is -0.511. The maximum Gasteiger partial charge on any atom is 0.325 e. The van der Waals surface area contributed by atoms with Crippen LogP contribution in [0.15, 0.2) is 23.2 Å². The van der Waals surface area contributed by atoms with E-state index in [2.05, 4.69) is 24.0 Å². The van der Waals surface area contributed by atoms with Crippen molar-refractivity contribution >= 4 is 33.4 Å². The number of ether oxygens (including phenoxy) is 1. The van der Waals surface area contributed by atoms with Gasteiger partial charge in [0.05, 0.1) is 17.3 Å². The van der Waals surface area contributed by atoms with E-state index >= 15 is 0 Å². The molecule has 0 aliphatic heterocycles. The molecule has 0 atom stereocenters. The Hall–Kier alpha value is -1.95. The molecule has 0 radical (unpaired) electrons. The molecule has 0 saturated carbocycles. The third-order valence-electron chi connectivity index (χ3n) is 3.77. The number of unbranched alkanes of at least 4 members (excludes halogenated alkanes) is 1. The molecule has 5 nitrogen and oxygen atoms in total. The third kappa shape index (κ3) is 4.54. The van der Waals surface area contributed by atoms with Crippen molar-refractivity contribution in [1.82, 2.24) is 4.57 Å². The standard InChI is InChI=1S/C18H24N2O3S/c1-4-6-8-13-9-10-14-15(11-13)24-18(19-16(21)7-5-2)20(14)12-17(22)23-3/h9-11H,4-8,12H2,1-3H3. The van der Waals surface area contributed by atoms with Crippen molar-refractivity contribution in [2.75, 3.05) is 7.11 Å². The molecule has 0 saturated heterocycles. The number of methoxy groups -OCH3 is 1. The molecular weight excluding hydrogens is 324 g/mol. The van der Waals surface area contributed by atoms with Crippen LogP contribution in [0.4, 0.5) is 0 Å². The monoisotopic (exact) mass is 348 g/mol. The fraction of sp³-hybridized carbons (Fsp3) is 0.500. The minimum absolute atomic E-state index is 0.0586. The molecule has 2 aromatic rings. The highest BCUT2D eigenvalue weighted by Gasteiger charge is 2.12. The topological polar surface area (TPSA) is 60.7 Å². The number of carbonyl (C=O) groups is 2. The van der Waals surface area contributed by atoms with Crippen LogP contribution >= 0.6 is 11.3 Å². The van der Waals surface area contributed by atoms with Gasteiger partial charge in [0.2, 0.25) is 5.91 Å². The van der Waals surface area contributed by atoms with Crippen LogP contribution in [0.25, 0.3) is 10.2 Å².